The van der Waals surface area contributed by atoms with Gasteiger partial charge in [0.2, 0.25) is 0 Å². The zero-order valence-electron chi connectivity index (χ0n) is 10.8. The number of hydrogen-bond donors (Lipinski definition) is 2. The van der Waals surface area contributed by atoms with Crippen molar-refractivity contribution in [3.05, 3.63) is 54.5 Å². The molecule has 0 saturated carbocycles. The van der Waals surface area contributed by atoms with Crippen LogP contribution in [0.1, 0.15) is 24.9 Å². The highest BCUT2D eigenvalue weighted by atomic mass is 15.0. The van der Waals surface area contributed by atoms with Gasteiger partial charge in [0.25, 0.3) is 0 Å². The summed E-state index contributed by atoms with van der Waals surface area (Å²) in [6, 6.07) is 10.4. The number of aromatic amines is 1. The van der Waals surface area contributed by atoms with Gasteiger partial charge in [-0.25, -0.2) is 4.98 Å². The summed E-state index contributed by atoms with van der Waals surface area (Å²) in [5.41, 5.74) is 2.14. The second-order valence-corrected chi connectivity index (χ2v) is 4.50. The Hall–Kier alpha value is -2.36. The lowest BCUT2D eigenvalue weighted by atomic mass is 10.1. The van der Waals surface area contributed by atoms with Gasteiger partial charge in [-0.1, -0.05) is 6.92 Å². The van der Waals surface area contributed by atoms with Crippen LogP contribution in [-0.2, 0) is 0 Å². The minimum atomic E-state index is 0.253. The predicted octanol–water partition coefficient (Wildman–Crippen LogP) is 3.52. The first kappa shape index (κ1) is 11.7. The fraction of sp³-hybridized carbons (Fsp3) is 0.200. The van der Waals surface area contributed by atoms with Crippen LogP contribution in [0, 0.1) is 0 Å². The lowest BCUT2D eigenvalue weighted by molar-refractivity contribution is 0.743. The van der Waals surface area contributed by atoms with Gasteiger partial charge < -0.3 is 10.3 Å². The van der Waals surface area contributed by atoms with Gasteiger partial charge in [0.1, 0.15) is 11.5 Å². The van der Waals surface area contributed by atoms with E-state index in [2.05, 4.69) is 33.3 Å². The maximum absolute atomic E-state index is 4.57. The summed E-state index contributed by atoms with van der Waals surface area (Å²) < 4.78 is 0. The highest BCUT2D eigenvalue weighted by Crippen LogP contribution is 2.22. The average molecular weight is 252 g/mol. The largest absolute Gasteiger partial charge is 0.363 e. The molecule has 2 N–H and O–H groups in total. The fourth-order valence-electron chi connectivity index (χ4n) is 2.21. The van der Waals surface area contributed by atoms with E-state index in [1.54, 1.807) is 0 Å². The van der Waals surface area contributed by atoms with Crippen LogP contribution >= 0.6 is 0 Å². The van der Waals surface area contributed by atoms with Crippen LogP contribution in [-0.4, -0.2) is 15.0 Å². The van der Waals surface area contributed by atoms with E-state index in [0.29, 0.717) is 0 Å². The Morgan fingerprint density at radius 3 is 2.79 bits per heavy atom. The SMILES string of the molecule is CC[C@@H](Nc1ccc2cc[nH]c2n1)c1ccncc1. The van der Waals surface area contributed by atoms with Crippen LogP contribution in [0.4, 0.5) is 5.82 Å². The summed E-state index contributed by atoms with van der Waals surface area (Å²) in [4.78, 5) is 11.8. The van der Waals surface area contributed by atoms with Crippen molar-refractivity contribution < 1.29 is 0 Å². The van der Waals surface area contributed by atoms with Gasteiger partial charge in [0.15, 0.2) is 0 Å². The van der Waals surface area contributed by atoms with Crippen molar-refractivity contribution in [2.75, 3.05) is 5.32 Å². The molecule has 4 nitrogen and oxygen atoms in total. The summed E-state index contributed by atoms with van der Waals surface area (Å²) in [6.07, 6.45) is 6.54. The van der Waals surface area contributed by atoms with Crippen molar-refractivity contribution in [1.29, 1.82) is 0 Å². The van der Waals surface area contributed by atoms with Crippen LogP contribution in [0.3, 0.4) is 0 Å². The van der Waals surface area contributed by atoms with Crippen LogP contribution < -0.4 is 5.32 Å². The molecule has 3 heterocycles. The van der Waals surface area contributed by atoms with E-state index in [-0.39, 0.29) is 6.04 Å². The molecule has 0 aliphatic rings. The molecule has 3 aromatic heterocycles. The maximum atomic E-state index is 4.57. The van der Waals surface area contributed by atoms with Crippen LogP contribution in [0.5, 0.6) is 0 Å². The Bertz CT molecular complexity index is 660. The Morgan fingerprint density at radius 1 is 1.16 bits per heavy atom. The highest BCUT2D eigenvalue weighted by molar-refractivity contribution is 5.77. The molecule has 0 bridgehead atoms. The number of fused-ring (bicyclic) bond motifs is 1. The molecule has 0 spiro atoms. The van der Waals surface area contributed by atoms with Crippen molar-refractivity contribution in [2.45, 2.75) is 19.4 Å². The molecule has 0 unspecified atom stereocenters. The van der Waals surface area contributed by atoms with Gasteiger partial charge in [-0.2, -0.15) is 0 Å². The number of H-pyrrole nitrogens is 1. The topological polar surface area (TPSA) is 53.6 Å². The van der Waals surface area contributed by atoms with E-state index in [1.165, 1.54) is 5.56 Å². The monoisotopic (exact) mass is 252 g/mol. The zero-order chi connectivity index (χ0) is 13.1. The third-order valence-corrected chi connectivity index (χ3v) is 3.25. The smallest absolute Gasteiger partial charge is 0.139 e. The molecule has 3 aromatic rings. The molecule has 19 heavy (non-hydrogen) atoms. The van der Waals surface area contributed by atoms with Crippen molar-refractivity contribution in [3.63, 3.8) is 0 Å². The summed E-state index contributed by atoms with van der Waals surface area (Å²) in [6.45, 7) is 2.16. The van der Waals surface area contributed by atoms with E-state index in [4.69, 9.17) is 0 Å². The summed E-state index contributed by atoms with van der Waals surface area (Å²) in [5.74, 6) is 0.888. The highest BCUT2D eigenvalue weighted by Gasteiger charge is 2.09. The second kappa shape index (κ2) is 5.10. The normalized spacial score (nSPS) is 12.5. The van der Waals surface area contributed by atoms with E-state index in [1.807, 2.05) is 42.9 Å². The van der Waals surface area contributed by atoms with Crippen molar-refractivity contribution in [3.8, 4) is 0 Å². The van der Waals surface area contributed by atoms with E-state index >= 15 is 0 Å². The minimum Gasteiger partial charge on any atom is -0.363 e. The van der Waals surface area contributed by atoms with Crippen LogP contribution in [0.2, 0.25) is 0 Å². The number of hydrogen-bond acceptors (Lipinski definition) is 3. The zero-order valence-corrected chi connectivity index (χ0v) is 10.8. The lowest BCUT2D eigenvalue weighted by Crippen LogP contribution is -2.10. The average Bonchev–Trinajstić information content (AvgIpc) is 2.93. The number of rotatable bonds is 4. The first-order chi connectivity index (χ1) is 9.36. The van der Waals surface area contributed by atoms with Gasteiger partial charge >= 0.3 is 0 Å². The molecule has 4 heteroatoms. The number of nitrogens with one attached hydrogen (secondary N) is 2. The van der Waals surface area contributed by atoms with Gasteiger partial charge in [-0.3, -0.25) is 4.98 Å². The van der Waals surface area contributed by atoms with Crippen molar-refractivity contribution >= 4 is 16.9 Å². The van der Waals surface area contributed by atoms with Crippen LogP contribution in [0.15, 0.2) is 48.9 Å². The van der Waals surface area contributed by atoms with Gasteiger partial charge in [-0.15, -0.1) is 0 Å². The third kappa shape index (κ3) is 2.42. The van der Waals surface area contributed by atoms with Crippen molar-refractivity contribution in [2.24, 2.45) is 0 Å². The second-order valence-electron chi connectivity index (χ2n) is 4.50. The molecule has 0 aliphatic heterocycles. The van der Waals surface area contributed by atoms with E-state index in [0.717, 1.165) is 23.3 Å². The van der Waals surface area contributed by atoms with Crippen molar-refractivity contribution in [1.82, 2.24) is 15.0 Å². The Kier molecular flexibility index (Phi) is 3.14. The number of anilines is 1. The molecule has 0 saturated heterocycles. The fourth-order valence-corrected chi connectivity index (χ4v) is 2.21. The quantitative estimate of drug-likeness (QED) is 0.747. The Morgan fingerprint density at radius 2 is 2.00 bits per heavy atom. The molecular weight excluding hydrogens is 236 g/mol. The third-order valence-electron chi connectivity index (χ3n) is 3.25. The van der Waals surface area contributed by atoms with Crippen LogP contribution in [0.25, 0.3) is 11.0 Å². The maximum Gasteiger partial charge on any atom is 0.139 e. The molecule has 0 radical (unpaired) electrons. The lowest BCUT2D eigenvalue weighted by Gasteiger charge is -2.17. The first-order valence-corrected chi connectivity index (χ1v) is 6.47. The summed E-state index contributed by atoms with van der Waals surface area (Å²) >= 11 is 0. The number of aromatic nitrogens is 3. The molecule has 0 amide bonds. The molecule has 0 fully saturated rings. The predicted molar refractivity (Wildman–Crippen MR) is 77.0 cm³/mol. The Balaban J connectivity index is 1.86. The van der Waals surface area contributed by atoms with Gasteiger partial charge in [-0.05, 0) is 42.3 Å². The molecule has 0 aliphatic carbocycles. The van der Waals surface area contributed by atoms with Gasteiger partial charge in [0.05, 0.1) is 6.04 Å². The summed E-state index contributed by atoms with van der Waals surface area (Å²) in [5, 5.41) is 4.60. The molecule has 1 atom stereocenters. The minimum absolute atomic E-state index is 0.253. The van der Waals surface area contributed by atoms with E-state index < -0.39 is 0 Å². The van der Waals surface area contributed by atoms with E-state index in [9.17, 15) is 0 Å². The summed E-state index contributed by atoms with van der Waals surface area (Å²) in [7, 11) is 0. The molecular formula is C15H16N4. The number of pyridine rings is 2. The number of nitrogens with zero attached hydrogens (tertiary/aromatic N) is 2. The molecule has 3 rings (SSSR count). The Labute approximate surface area is 111 Å². The van der Waals surface area contributed by atoms with Gasteiger partial charge in [0, 0.05) is 24.0 Å². The molecule has 96 valence electrons. The molecule has 0 aromatic carbocycles. The standard InChI is InChI=1S/C15H16N4/c1-2-13(11-5-8-16-9-6-11)18-14-4-3-12-7-10-17-15(12)19-14/h3-10,13H,2H2,1H3,(H2,17,18,19)/t13-/m1/s1. The first-order valence-electron chi connectivity index (χ1n) is 6.47.